The predicted octanol–water partition coefficient (Wildman–Crippen LogP) is 3.50. The molecule has 0 saturated carbocycles. The van der Waals surface area contributed by atoms with Gasteiger partial charge >= 0.3 is 0 Å². The van der Waals surface area contributed by atoms with Crippen LogP contribution in [-0.4, -0.2) is 21.0 Å². The second-order valence-corrected chi connectivity index (χ2v) is 6.49. The normalized spacial score (nSPS) is 11.0. The first-order chi connectivity index (χ1) is 12.0. The maximum atomic E-state index is 12.4. The third-order valence-corrected chi connectivity index (χ3v) is 3.80. The lowest BCUT2D eigenvalue weighted by atomic mass is 10.1. The van der Waals surface area contributed by atoms with E-state index in [-0.39, 0.29) is 12.5 Å². The fourth-order valence-corrected chi connectivity index (χ4v) is 2.62. The van der Waals surface area contributed by atoms with E-state index >= 15 is 0 Å². The molecule has 0 aliphatic rings. The van der Waals surface area contributed by atoms with E-state index in [1.165, 1.54) is 0 Å². The van der Waals surface area contributed by atoms with E-state index in [2.05, 4.69) is 34.3 Å². The molecular weight excluding hydrogens is 316 g/mol. The Labute approximate surface area is 146 Å². The smallest absolute Gasteiger partial charge is 0.272 e. The number of H-pyrrole nitrogens is 1. The van der Waals surface area contributed by atoms with Crippen LogP contribution in [0.3, 0.4) is 0 Å². The Morgan fingerprint density at radius 2 is 2.04 bits per heavy atom. The number of aromatic nitrogens is 3. The van der Waals surface area contributed by atoms with Gasteiger partial charge in [0.15, 0.2) is 5.76 Å². The summed E-state index contributed by atoms with van der Waals surface area (Å²) in [5.74, 6) is 1.59. The Kier molecular flexibility index (Phi) is 4.97. The second kappa shape index (κ2) is 7.34. The zero-order valence-corrected chi connectivity index (χ0v) is 14.7. The van der Waals surface area contributed by atoms with Crippen LogP contribution in [0.25, 0.3) is 11.4 Å². The van der Waals surface area contributed by atoms with Crippen molar-refractivity contribution in [2.24, 2.45) is 5.92 Å². The van der Waals surface area contributed by atoms with Crippen molar-refractivity contribution in [2.75, 3.05) is 0 Å². The zero-order valence-electron chi connectivity index (χ0n) is 14.7. The van der Waals surface area contributed by atoms with Gasteiger partial charge < -0.3 is 14.8 Å². The minimum Gasteiger partial charge on any atom is -0.359 e. The molecule has 0 aliphatic carbocycles. The van der Waals surface area contributed by atoms with Gasteiger partial charge in [0.25, 0.3) is 5.91 Å². The molecule has 1 aromatic carbocycles. The van der Waals surface area contributed by atoms with Crippen LogP contribution in [0.5, 0.6) is 0 Å². The molecular formula is C19H22N4O2. The van der Waals surface area contributed by atoms with Crippen molar-refractivity contribution in [3.8, 4) is 11.4 Å². The number of hydrogen-bond donors (Lipinski definition) is 2. The van der Waals surface area contributed by atoms with Crippen LogP contribution in [-0.2, 0) is 13.0 Å². The molecule has 0 aliphatic heterocycles. The van der Waals surface area contributed by atoms with Crippen molar-refractivity contribution < 1.29 is 9.32 Å². The molecule has 3 rings (SSSR count). The third-order valence-electron chi connectivity index (χ3n) is 3.80. The molecule has 0 spiro atoms. The van der Waals surface area contributed by atoms with Gasteiger partial charge in [-0.05, 0) is 19.3 Å². The van der Waals surface area contributed by atoms with Crippen LogP contribution in [0, 0.1) is 12.8 Å². The molecule has 2 heterocycles. The summed E-state index contributed by atoms with van der Waals surface area (Å²) in [4.78, 5) is 20.0. The topological polar surface area (TPSA) is 83.8 Å². The fourth-order valence-electron chi connectivity index (χ4n) is 2.62. The number of aromatic amines is 1. The number of benzene rings is 1. The van der Waals surface area contributed by atoms with Crippen molar-refractivity contribution in [3.05, 3.63) is 59.2 Å². The average molecular weight is 338 g/mol. The Bertz CT molecular complexity index is 849. The predicted molar refractivity (Wildman–Crippen MR) is 95.0 cm³/mol. The first-order valence-electron chi connectivity index (χ1n) is 8.37. The summed E-state index contributed by atoms with van der Waals surface area (Å²) < 4.78 is 5.26. The van der Waals surface area contributed by atoms with Crippen LogP contribution in [0.1, 0.15) is 41.5 Å². The Morgan fingerprint density at radius 1 is 1.28 bits per heavy atom. The Balaban J connectivity index is 1.65. The highest BCUT2D eigenvalue weighted by Crippen LogP contribution is 2.17. The quantitative estimate of drug-likeness (QED) is 0.720. The zero-order chi connectivity index (χ0) is 17.8. The number of amides is 1. The standard InChI is InChI=1S/C19H22N4O2/c1-12(2)9-15-10-16(25-23-15)11-20-19(24)17-13(3)21-18(22-17)14-7-5-4-6-8-14/h4-8,10,12H,9,11H2,1-3H3,(H,20,24)(H,21,22). The molecule has 2 aromatic heterocycles. The summed E-state index contributed by atoms with van der Waals surface area (Å²) in [5, 5.41) is 6.85. The van der Waals surface area contributed by atoms with Crippen LogP contribution < -0.4 is 5.32 Å². The molecule has 2 N–H and O–H groups in total. The van der Waals surface area contributed by atoms with Crippen molar-refractivity contribution in [1.82, 2.24) is 20.4 Å². The van der Waals surface area contributed by atoms with Gasteiger partial charge in [0.2, 0.25) is 0 Å². The number of carbonyl (C=O) groups is 1. The molecule has 6 nitrogen and oxygen atoms in total. The maximum absolute atomic E-state index is 12.4. The highest BCUT2D eigenvalue weighted by atomic mass is 16.5. The van der Waals surface area contributed by atoms with E-state index in [0.717, 1.165) is 23.4 Å². The SMILES string of the molecule is Cc1[nH]c(-c2ccccc2)nc1C(=O)NCc1cc(CC(C)C)no1. The minimum atomic E-state index is -0.238. The largest absolute Gasteiger partial charge is 0.359 e. The van der Waals surface area contributed by atoms with E-state index < -0.39 is 0 Å². The molecule has 3 aromatic rings. The lowest BCUT2D eigenvalue weighted by Crippen LogP contribution is -2.23. The molecule has 0 bridgehead atoms. The van der Waals surface area contributed by atoms with E-state index in [4.69, 9.17) is 4.52 Å². The van der Waals surface area contributed by atoms with E-state index in [1.807, 2.05) is 43.3 Å². The molecule has 0 fully saturated rings. The van der Waals surface area contributed by atoms with Crippen molar-refractivity contribution in [2.45, 2.75) is 33.7 Å². The fraction of sp³-hybridized carbons (Fsp3) is 0.316. The molecule has 0 unspecified atom stereocenters. The van der Waals surface area contributed by atoms with Crippen LogP contribution >= 0.6 is 0 Å². The number of rotatable bonds is 6. The Morgan fingerprint density at radius 3 is 2.76 bits per heavy atom. The molecule has 0 radical (unpaired) electrons. The number of imidazole rings is 1. The van der Waals surface area contributed by atoms with E-state index in [0.29, 0.717) is 23.2 Å². The number of nitrogens with one attached hydrogen (secondary N) is 2. The molecule has 0 saturated heterocycles. The molecule has 25 heavy (non-hydrogen) atoms. The second-order valence-electron chi connectivity index (χ2n) is 6.49. The van der Waals surface area contributed by atoms with Crippen molar-refractivity contribution in [1.29, 1.82) is 0 Å². The molecule has 0 atom stereocenters. The van der Waals surface area contributed by atoms with Gasteiger partial charge in [-0.25, -0.2) is 4.98 Å². The first kappa shape index (κ1) is 17.0. The summed E-state index contributed by atoms with van der Waals surface area (Å²) in [6, 6.07) is 11.6. The van der Waals surface area contributed by atoms with E-state index in [1.54, 1.807) is 0 Å². The Hall–Kier alpha value is -2.89. The maximum Gasteiger partial charge on any atom is 0.272 e. The van der Waals surface area contributed by atoms with Gasteiger partial charge in [-0.3, -0.25) is 4.79 Å². The number of aryl methyl sites for hydroxylation is 1. The highest BCUT2D eigenvalue weighted by Gasteiger charge is 2.16. The summed E-state index contributed by atoms with van der Waals surface area (Å²) in [6.45, 7) is 6.38. The number of hydrogen-bond acceptors (Lipinski definition) is 4. The average Bonchev–Trinajstić information content (AvgIpc) is 3.19. The van der Waals surface area contributed by atoms with Gasteiger partial charge in [0, 0.05) is 17.3 Å². The summed E-state index contributed by atoms with van der Waals surface area (Å²) in [5.41, 5.74) is 2.97. The summed E-state index contributed by atoms with van der Waals surface area (Å²) in [7, 11) is 0. The van der Waals surface area contributed by atoms with Crippen LogP contribution in [0.2, 0.25) is 0 Å². The third kappa shape index (κ3) is 4.15. The number of nitrogens with zero attached hydrogens (tertiary/aromatic N) is 2. The van der Waals surface area contributed by atoms with Crippen LogP contribution in [0.15, 0.2) is 40.9 Å². The highest BCUT2D eigenvalue weighted by molar-refractivity contribution is 5.94. The van der Waals surface area contributed by atoms with Gasteiger partial charge in [-0.15, -0.1) is 0 Å². The molecule has 130 valence electrons. The molecule has 1 amide bonds. The van der Waals surface area contributed by atoms with Crippen molar-refractivity contribution >= 4 is 5.91 Å². The number of carbonyl (C=O) groups excluding carboxylic acids is 1. The minimum absolute atomic E-state index is 0.238. The van der Waals surface area contributed by atoms with Crippen molar-refractivity contribution in [3.63, 3.8) is 0 Å². The lowest BCUT2D eigenvalue weighted by molar-refractivity contribution is 0.0942. The van der Waals surface area contributed by atoms with Gasteiger partial charge in [-0.1, -0.05) is 49.3 Å². The monoisotopic (exact) mass is 338 g/mol. The van der Waals surface area contributed by atoms with E-state index in [9.17, 15) is 4.79 Å². The lowest BCUT2D eigenvalue weighted by Gasteiger charge is -2.00. The van der Waals surface area contributed by atoms with Gasteiger partial charge in [-0.2, -0.15) is 0 Å². The van der Waals surface area contributed by atoms with Gasteiger partial charge in [0.1, 0.15) is 11.5 Å². The summed E-state index contributed by atoms with van der Waals surface area (Å²) in [6.07, 6.45) is 0.857. The van der Waals surface area contributed by atoms with Gasteiger partial charge in [0.05, 0.1) is 12.2 Å². The summed E-state index contributed by atoms with van der Waals surface area (Å²) >= 11 is 0. The van der Waals surface area contributed by atoms with Crippen LogP contribution in [0.4, 0.5) is 0 Å². The molecule has 6 heteroatoms. The first-order valence-corrected chi connectivity index (χ1v) is 8.37.